The number of rotatable bonds is 3. The molecule has 2 aromatic rings. The van der Waals surface area contributed by atoms with Crippen LogP contribution in [-0.4, -0.2) is 14.2 Å². The second-order valence-electron chi connectivity index (χ2n) is 3.67. The molecule has 0 aliphatic heterocycles. The second-order valence-corrected chi connectivity index (χ2v) is 3.67. The summed E-state index contributed by atoms with van der Waals surface area (Å²) in [5, 5.41) is 3.02. The summed E-state index contributed by atoms with van der Waals surface area (Å²) in [6, 6.07) is 17.8. The molecule has 18 heavy (non-hydrogen) atoms. The lowest BCUT2D eigenvalue weighted by atomic mass is 10.2. The van der Waals surface area contributed by atoms with Gasteiger partial charge in [-0.3, -0.25) is 0 Å². The Labute approximate surface area is 109 Å². The van der Waals surface area contributed by atoms with Crippen molar-refractivity contribution in [3.05, 3.63) is 60.2 Å². The van der Waals surface area contributed by atoms with Gasteiger partial charge in [0.25, 0.3) is 0 Å². The van der Waals surface area contributed by atoms with Crippen LogP contribution in [-0.2, 0) is 6.54 Å². The van der Waals surface area contributed by atoms with E-state index in [1.165, 1.54) is 5.56 Å². The third kappa shape index (κ3) is 4.89. The van der Waals surface area contributed by atoms with Crippen molar-refractivity contribution in [1.29, 1.82) is 0 Å². The third-order valence-corrected chi connectivity index (χ3v) is 2.46. The van der Waals surface area contributed by atoms with E-state index in [-0.39, 0.29) is 0 Å². The van der Waals surface area contributed by atoms with Crippen LogP contribution in [0.3, 0.4) is 0 Å². The van der Waals surface area contributed by atoms with E-state index >= 15 is 0 Å². The highest BCUT2D eigenvalue weighted by Crippen LogP contribution is 2.13. The molecule has 2 aromatic carbocycles. The van der Waals surface area contributed by atoms with Gasteiger partial charge in [-0.05, 0) is 29.8 Å². The molecule has 3 heteroatoms. The maximum absolute atomic E-state index is 5.35. The number of anilines is 1. The molecule has 2 rings (SSSR count). The Morgan fingerprint density at radius 3 is 2.00 bits per heavy atom. The number of ether oxygens (including phenoxy) is 1. The smallest absolute Gasteiger partial charge is 0.119 e. The number of nitrogens with two attached hydrogens (primary N) is 1. The van der Waals surface area contributed by atoms with Gasteiger partial charge >= 0.3 is 0 Å². The molecule has 3 nitrogen and oxygen atoms in total. The average Bonchev–Trinajstić information content (AvgIpc) is 2.49. The van der Waals surface area contributed by atoms with Crippen molar-refractivity contribution in [2.45, 2.75) is 6.54 Å². The van der Waals surface area contributed by atoms with Gasteiger partial charge in [-0.25, -0.2) is 0 Å². The van der Waals surface area contributed by atoms with E-state index in [4.69, 9.17) is 10.5 Å². The van der Waals surface area contributed by atoms with Gasteiger partial charge in [-0.2, -0.15) is 0 Å². The van der Waals surface area contributed by atoms with E-state index in [9.17, 15) is 0 Å². The van der Waals surface area contributed by atoms with Crippen LogP contribution < -0.4 is 15.8 Å². The highest BCUT2D eigenvalue weighted by atomic mass is 16.5. The first-order chi connectivity index (χ1) is 8.80. The zero-order valence-electron chi connectivity index (χ0n) is 10.9. The molecule has 0 spiro atoms. The summed E-state index contributed by atoms with van der Waals surface area (Å²) in [6.45, 7) is 0.640. The summed E-state index contributed by atoms with van der Waals surface area (Å²) >= 11 is 0. The predicted molar refractivity (Wildman–Crippen MR) is 76.9 cm³/mol. The Bertz CT molecular complexity index is 403. The Balaban J connectivity index is 0.000000184. The van der Waals surface area contributed by atoms with Gasteiger partial charge in [-0.1, -0.05) is 30.3 Å². The molecule has 0 aliphatic carbocycles. The number of nitrogens with one attached hydrogen (secondary N) is 1. The van der Waals surface area contributed by atoms with Crippen LogP contribution in [0.2, 0.25) is 0 Å². The lowest BCUT2D eigenvalue weighted by Crippen LogP contribution is -1.94. The highest BCUT2D eigenvalue weighted by molar-refractivity contribution is 5.45. The van der Waals surface area contributed by atoms with Crippen LogP contribution in [0.5, 0.6) is 5.75 Å². The Kier molecular flexibility index (Phi) is 6.36. The molecule has 0 unspecified atom stereocenters. The van der Waals surface area contributed by atoms with Crippen molar-refractivity contribution in [1.82, 2.24) is 0 Å². The van der Waals surface area contributed by atoms with Crippen LogP contribution in [0, 0.1) is 0 Å². The first-order valence-corrected chi connectivity index (χ1v) is 5.86. The van der Waals surface area contributed by atoms with E-state index in [1.807, 2.05) is 61.6 Å². The van der Waals surface area contributed by atoms with Gasteiger partial charge in [0.2, 0.25) is 0 Å². The molecule has 0 saturated heterocycles. The van der Waals surface area contributed by atoms with E-state index in [0.29, 0.717) is 6.54 Å². The van der Waals surface area contributed by atoms with Gasteiger partial charge in [0.05, 0.1) is 7.11 Å². The van der Waals surface area contributed by atoms with Crippen molar-refractivity contribution in [3.8, 4) is 5.75 Å². The van der Waals surface area contributed by atoms with Crippen molar-refractivity contribution in [2.75, 3.05) is 19.5 Å². The molecule has 0 fully saturated rings. The second kappa shape index (κ2) is 8.14. The predicted octanol–water partition coefficient (Wildman–Crippen LogP) is 2.88. The summed E-state index contributed by atoms with van der Waals surface area (Å²) in [4.78, 5) is 0. The summed E-state index contributed by atoms with van der Waals surface area (Å²) < 4.78 is 4.99. The minimum atomic E-state index is 0.640. The van der Waals surface area contributed by atoms with Gasteiger partial charge in [0.1, 0.15) is 5.75 Å². The number of hydrogen-bond donors (Lipinski definition) is 2. The van der Waals surface area contributed by atoms with Crippen molar-refractivity contribution < 1.29 is 4.74 Å². The van der Waals surface area contributed by atoms with E-state index in [0.717, 1.165) is 11.4 Å². The average molecular weight is 244 g/mol. The molecule has 0 aliphatic rings. The van der Waals surface area contributed by atoms with E-state index in [2.05, 4.69) is 5.32 Å². The van der Waals surface area contributed by atoms with Gasteiger partial charge in [0.15, 0.2) is 0 Å². The minimum Gasteiger partial charge on any atom is -0.497 e. The monoisotopic (exact) mass is 244 g/mol. The van der Waals surface area contributed by atoms with Crippen LogP contribution in [0.4, 0.5) is 5.69 Å². The van der Waals surface area contributed by atoms with Crippen LogP contribution in [0.25, 0.3) is 0 Å². The van der Waals surface area contributed by atoms with E-state index in [1.54, 1.807) is 7.11 Å². The normalized spacial score (nSPS) is 9.06. The van der Waals surface area contributed by atoms with Gasteiger partial charge in [-0.15, -0.1) is 0 Å². The van der Waals surface area contributed by atoms with Crippen LogP contribution >= 0.6 is 0 Å². The summed E-state index contributed by atoms with van der Waals surface area (Å²) in [6.07, 6.45) is 0. The fraction of sp³-hybridized carbons (Fsp3) is 0.200. The molecule has 0 bridgehead atoms. The number of hydrogen-bond acceptors (Lipinski definition) is 3. The zero-order chi connectivity index (χ0) is 13.2. The molecule has 0 amide bonds. The zero-order valence-corrected chi connectivity index (χ0v) is 10.9. The fourth-order valence-electron chi connectivity index (χ4n) is 1.37. The van der Waals surface area contributed by atoms with E-state index < -0.39 is 0 Å². The number of methoxy groups -OCH3 is 1. The molecule has 96 valence electrons. The molecule has 0 atom stereocenters. The maximum atomic E-state index is 5.35. The van der Waals surface area contributed by atoms with Gasteiger partial charge < -0.3 is 15.8 Å². The Morgan fingerprint density at radius 1 is 1.00 bits per heavy atom. The third-order valence-electron chi connectivity index (χ3n) is 2.46. The largest absolute Gasteiger partial charge is 0.497 e. The molecule has 0 radical (unpaired) electrons. The highest BCUT2D eigenvalue weighted by Gasteiger charge is 1.88. The maximum Gasteiger partial charge on any atom is 0.119 e. The van der Waals surface area contributed by atoms with Crippen molar-refractivity contribution in [2.24, 2.45) is 5.73 Å². The topological polar surface area (TPSA) is 47.3 Å². The van der Waals surface area contributed by atoms with Gasteiger partial charge in [0, 0.05) is 19.3 Å². The Morgan fingerprint density at radius 2 is 1.61 bits per heavy atom. The SMILES string of the molecule is CNc1ccc(OC)cc1.NCc1ccccc1. The number of benzene rings is 2. The summed E-state index contributed by atoms with van der Waals surface area (Å²) in [7, 11) is 3.55. The summed E-state index contributed by atoms with van der Waals surface area (Å²) in [5.41, 5.74) is 7.64. The molecule has 0 saturated carbocycles. The fourth-order valence-corrected chi connectivity index (χ4v) is 1.37. The van der Waals surface area contributed by atoms with Crippen LogP contribution in [0.1, 0.15) is 5.56 Å². The van der Waals surface area contributed by atoms with Crippen molar-refractivity contribution in [3.63, 3.8) is 0 Å². The molecular formula is C15H20N2O. The Hall–Kier alpha value is -2.00. The molecular weight excluding hydrogens is 224 g/mol. The lowest BCUT2D eigenvalue weighted by Gasteiger charge is -2.00. The quantitative estimate of drug-likeness (QED) is 0.872. The van der Waals surface area contributed by atoms with Crippen molar-refractivity contribution >= 4 is 5.69 Å². The first-order valence-electron chi connectivity index (χ1n) is 5.86. The first kappa shape index (κ1) is 14.1. The molecule has 0 aromatic heterocycles. The summed E-state index contributed by atoms with van der Waals surface area (Å²) in [5.74, 6) is 0.888. The standard InChI is InChI=1S/C8H11NO.C7H9N/c1-9-7-3-5-8(10-2)6-4-7;8-6-7-4-2-1-3-5-7/h3-6,9H,1-2H3;1-5H,6,8H2. The molecule has 0 heterocycles. The van der Waals surface area contributed by atoms with Crippen LogP contribution in [0.15, 0.2) is 54.6 Å². The minimum absolute atomic E-state index is 0.640. The molecule has 3 N–H and O–H groups in total. The lowest BCUT2D eigenvalue weighted by molar-refractivity contribution is 0.415.